The maximum Gasteiger partial charge on any atom is 0.290 e. The molecule has 2 heterocycles. The summed E-state index contributed by atoms with van der Waals surface area (Å²) >= 11 is 3.41. The summed E-state index contributed by atoms with van der Waals surface area (Å²) in [7, 11) is 1.58. The monoisotopic (exact) mass is 419 g/mol. The van der Waals surface area contributed by atoms with E-state index in [9.17, 15) is 14.7 Å². The third kappa shape index (κ3) is 3.45. The first-order chi connectivity index (χ1) is 12.5. The average Bonchev–Trinajstić information content (AvgIpc) is 3.24. The molecule has 136 valence electrons. The lowest BCUT2D eigenvalue weighted by Crippen LogP contribution is -2.32. The molecule has 0 aliphatic carbocycles. The maximum atomic E-state index is 12.9. The van der Waals surface area contributed by atoms with E-state index in [2.05, 4.69) is 15.9 Å². The van der Waals surface area contributed by atoms with Gasteiger partial charge in [-0.15, -0.1) is 0 Å². The molecule has 0 unspecified atom stereocenters. The second-order valence-corrected chi connectivity index (χ2v) is 6.79. The average molecular weight is 420 g/mol. The molecule has 0 radical (unpaired) electrons. The Morgan fingerprint density at radius 1 is 1.35 bits per heavy atom. The number of aliphatic hydroxyl groups excluding tert-OH is 1. The topological polar surface area (TPSA) is 80.0 Å². The Morgan fingerprint density at radius 2 is 2.15 bits per heavy atom. The van der Waals surface area contributed by atoms with Crippen LogP contribution in [0.25, 0.3) is 0 Å². The minimum Gasteiger partial charge on any atom is -0.503 e. The fourth-order valence-corrected chi connectivity index (χ4v) is 3.48. The molecule has 6 nitrogen and oxygen atoms in total. The third-order valence-corrected chi connectivity index (χ3v) is 4.70. The molecule has 0 fully saturated rings. The van der Waals surface area contributed by atoms with Crippen molar-refractivity contribution in [1.82, 2.24) is 4.90 Å². The van der Waals surface area contributed by atoms with E-state index in [1.165, 1.54) is 17.2 Å². The Balaban J connectivity index is 2.04. The van der Waals surface area contributed by atoms with Crippen molar-refractivity contribution in [1.29, 1.82) is 0 Å². The maximum absolute atomic E-state index is 12.9. The first kappa shape index (κ1) is 18.4. The number of ketones is 1. The summed E-state index contributed by atoms with van der Waals surface area (Å²) in [6, 6.07) is 9.74. The lowest BCUT2D eigenvalue weighted by atomic mass is 9.95. The number of methoxy groups -OCH3 is 1. The Labute approximate surface area is 159 Å². The van der Waals surface area contributed by atoms with Crippen LogP contribution in [0.4, 0.5) is 0 Å². The SMILES string of the molecule is COCCCN1C(=O)C(O)=C(C(=O)c2ccco2)[C@@H]1c1cccc(Br)c1. The predicted octanol–water partition coefficient (Wildman–Crippen LogP) is 3.66. The lowest BCUT2D eigenvalue weighted by molar-refractivity contribution is -0.129. The Morgan fingerprint density at radius 3 is 2.81 bits per heavy atom. The van der Waals surface area contributed by atoms with Gasteiger partial charge in [0.2, 0.25) is 5.78 Å². The van der Waals surface area contributed by atoms with Gasteiger partial charge in [0.25, 0.3) is 5.91 Å². The summed E-state index contributed by atoms with van der Waals surface area (Å²) in [5.41, 5.74) is 0.754. The number of ether oxygens (including phenoxy) is 1. The summed E-state index contributed by atoms with van der Waals surface area (Å²) in [5.74, 6) is -1.52. The predicted molar refractivity (Wildman–Crippen MR) is 97.8 cm³/mol. The largest absolute Gasteiger partial charge is 0.503 e. The molecule has 0 spiro atoms. The van der Waals surface area contributed by atoms with E-state index in [-0.39, 0.29) is 11.3 Å². The number of rotatable bonds is 7. The minimum absolute atomic E-state index is 0.0282. The van der Waals surface area contributed by atoms with Crippen LogP contribution in [-0.4, -0.2) is 42.0 Å². The zero-order valence-electron chi connectivity index (χ0n) is 14.1. The number of amides is 1. The van der Waals surface area contributed by atoms with Crippen LogP contribution in [0.5, 0.6) is 0 Å². The number of Topliss-reactive ketones (excluding diaryl/α,β-unsaturated/α-hetero) is 1. The zero-order chi connectivity index (χ0) is 18.7. The molecule has 26 heavy (non-hydrogen) atoms. The fraction of sp³-hybridized carbons (Fsp3) is 0.263. The molecule has 1 N–H and O–H groups in total. The van der Waals surface area contributed by atoms with Crippen molar-refractivity contribution in [2.75, 3.05) is 20.3 Å². The van der Waals surface area contributed by atoms with E-state index in [0.717, 1.165) is 10.0 Å². The fourth-order valence-electron chi connectivity index (χ4n) is 3.06. The quantitative estimate of drug-likeness (QED) is 0.547. The van der Waals surface area contributed by atoms with Gasteiger partial charge in [-0.2, -0.15) is 0 Å². The summed E-state index contributed by atoms with van der Waals surface area (Å²) in [4.78, 5) is 27.0. The minimum atomic E-state index is -0.686. The van der Waals surface area contributed by atoms with Gasteiger partial charge in [-0.3, -0.25) is 9.59 Å². The highest BCUT2D eigenvalue weighted by atomic mass is 79.9. The van der Waals surface area contributed by atoms with Gasteiger partial charge in [0.15, 0.2) is 11.5 Å². The van der Waals surface area contributed by atoms with Crippen molar-refractivity contribution in [2.24, 2.45) is 0 Å². The van der Waals surface area contributed by atoms with Crippen molar-refractivity contribution in [2.45, 2.75) is 12.5 Å². The van der Waals surface area contributed by atoms with Crippen LogP contribution in [-0.2, 0) is 9.53 Å². The molecule has 1 amide bonds. The molecule has 7 heteroatoms. The standard InChI is InChI=1S/C19H18BrNO5/c1-25-9-4-8-21-16(12-5-2-6-13(20)11-12)15(18(23)19(21)24)17(22)14-7-3-10-26-14/h2-3,5-7,10-11,16,23H,4,8-9H2,1H3/t16-/m0/s1. The molecule has 3 rings (SSSR count). The molecule has 1 aromatic carbocycles. The summed E-state index contributed by atoms with van der Waals surface area (Å²) < 4.78 is 11.0. The number of hydrogen-bond acceptors (Lipinski definition) is 5. The number of carbonyl (C=O) groups excluding carboxylic acids is 2. The summed E-state index contributed by atoms with van der Waals surface area (Å²) in [6.45, 7) is 0.820. The van der Waals surface area contributed by atoms with Gasteiger partial charge in [-0.1, -0.05) is 28.1 Å². The smallest absolute Gasteiger partial charge is 0.290 e. The van der Waals surface area contributed by atoms with Crippen LogP contribution >= 0.6 is 15.9 Å². The van der Waals surface area contributed by atoms with Gasteiger partial charge in [0.1, 0.15) is 0 Å². The molecule has 1 atom stereocenters. The number of carbonyl (C=O) groups is 2. The van der Waals surface area contributed by atoms with Crippen LogP contribution in [0, 0.1) is 0 Å². The van der Waals surface area contributed by atoms with E-state index in [1.807, 2.05) is 24.3 Å². The lowest BCUT2D eigenvalue weighted by Gasteiger charge is -2.26. The number of halogens is 1. The number of benzene rings is 1. The van der Waals surface area contributed by atoms with E-state index < -0.39 is 23.5 Å². The van der Waals surface area contributed by atoms with Crippen LogP contribution in [0.15, 0.2) is 62.9 Å². The molecule has 0 saturated carbocycles. The molecular formula is C19H18BrNO5. The Bertz CT molecular complexity index is 843. The summed E-state index contributed by atoms with van der Waals surface area (Å²) in [6.07, 6.45) is 1.97. The van der Waals surface area contributed by atoms with E-state index in [4.69, 9.17) is 9.15 Å². The first-order valence-corrected chi connectivity index (χ1v) is 8.90. The molecule has 2 aromatic rings. The van der Waals surface area contributed by atoms with Crippen LogP contribution in [0.2, 0.25) is 0 Å². The van der Waals surface area contributed by atoms with Gasteiger partial charge < -0.3 is 19.2 Å². The third-order valence-electron chi connectivity index (χ3n) is 4.21. The summed E-state index contributed by atoms with van der Waals surface area (Å²) in [5, 5.41) is 10.4. The molecule has 1 aromatic heterocycles. The molecule has 0 bridgehead atoms. The first-order valence-electron chi connectivity index (χ1n) is 8.11. The highest BCUT2D eigenvalue weighted by Gasteiger charge is 2.44. The van der Waals surface area contributed by atoms with Gasteiger partial charge >= 0.3 is 0 Å². The van der Waals surface area contributed by atoms with Crippen LogP contribution in [0.1, 0.15) is 28.6 Å². The molecule has 1 aliphatic rings. The zero-order valence-corrected chi connectivity index (χ0v) is 15.7. The number of hydrogen-bond donors (Lipinski definition) is 1. The Hall–Kier alpha value is -2.38. The normalized spacial score (nSPS) is 17.2. The second kappa shape index (κ2) is 7.88. The van der Waals surface area contributed by atoms with Crippen molar-refractivity contribution >= 4 is 27.6 Å². The molecule has 0 saturated heterocycles. The molecule has 1 aliphatic heterocycles. The van der Waals surface area contributed by atoms with Gasteiger partial charge in [0, 0.05) is 24.7 Å². The van der Waals surface area contributed by atoms with E-state index in [1.54, 1.807) is 13.2 Å². The van der Waals surface area contributed by atoms with E-state index in [0.29, 0.717) is 19.6 Å². The van der Waals surface area contributed by atoms with Crippen LogP contribution in [0.3, 0.4) is 0 Å². The van der Waals surface area contributed by atoms with Gasteiger partial charge in [0.05, 0.1) is 17.9 Å². The van der Waals surface area contributed by atoms with Gasteiger partial charge in [-0.05, 0) is 36.2 Å². The van der Waals surface area contributed by atoms with Crippen molar-refractivity contribution in [3.63, 3.8) is 0 Å². The number of aliphatic hydroxyl groups is 1. The van der Waals surface area contributed by atoms with Crippen molar-refractivity contribution in [3.8, 4) is 0 Å². The van der Waals surface area contributed by atoms with Gasteiger partial charge in [-0.25, -0.2) is 0 Å². The van der Waals surface area contributed by atoms with E-state index >= 15 is 0 Å². The second-order valence-electron chi connectivity index (χ2n) is 5.87. The van der Waals surface area contributed by atoms with Crippen molar-refractivity contribution < 1.29 is 23.8 Å². The number of nitrogens with zero attached hydrogens (tertiary/aromatic N) is 1. The highest BCUT2D eigenvalue weighted by molar-refractivity contribution is 9.10. The van der Waals surface area contributed by atoms with Crippen molar-refractivity contribution in [3.05, 3.63) is 69.8 Å². The molecular weight excluding hydrogens is 402 g/mol. The Kier molecular flexibility index (Phi) is 5.58. The van der Waals surface area contributed by atoms with Crippen LogP contribution < -0.4 is 0 Å². The highest BCUT2D eigenvalue weighted by Crippen LogP contribution is 2.39. The number of furan rings is 1.